The van der Waals surface area contributed by atoms with E-state index in [4.69, 9.17) is 10.00 Å². The Kier molecular flexibility index (Phi) is 6.33. The molecule has 5 heteroatoms. The largest absolute Gasteiger partial charge is 0.496 e. The normalized spacial score (nSPS) is 12.5. The van der Waals surface area contributed by atoms with Gasteiger partial charge in [-0.15, -0.1) is 0 Å². The number of benzene rings is 1. The van der Waals surface area contributed by atoms with Crippen LogP contribution in [0.5, 0.6) is 5.75 Å². The molecule has 0 spiro atoms. The average Bonchev–Trinajstić information content (AvgIpc) is 2.46. The zero-order valence-electron chi connectivity index (χ0n) is 13.2. The second-order valence-corrected chi connectivity index (χ2v) is 5.16. The van der Waals surface area contributed by atoms with E-state index in [0.29, 0.717) is 11.3 Å². The van der Waals surface area contributed by atoms with Crippen molar-refractivity contribution in [3.8, 4) is 11.8 Å². The van der Waals surface area contributed by atoms with Crippen molar-refractivity contribution in [1.82, 2.24) is 5.32 Å². The third-order valence-electron chi connectivity index (χ3n) is 3.00. The standard InChI is InChI=1S/C17H20N2O3/c1-11(2)19-17(21)14(10-18)15(20)9-12(3)13-7-5-6-8-16(13)22-4/h5-9,11,14H,1-4H3,(H,19,21)/b12-9+/t14-/m0/s1. The molecule has 0 fully saturated rings. The number of ether oxygens (including phenoxy) is 1. The highest BCUT2D eigenvalue weighted by atomic mass is 16.5. The summed E-state index contributed by atoms with van der Waals surface area (Å²) in [4.78, 5) is 24.0. The lowest BCUT2D eigenvalue weighted by Gasteiger charge is -2.12. The molecule has 0 aliphatic rings. The third-order valence-corrected chi connectivity index (χ3v) is 3.00. The smallest absolute Gasteiger partial charge is 0.245 e. The topological polar surface area (TPSA) is 79.2 Å². The Morgan fingerprint density at radius 2 is 1.95 bits per heavy atom. The lowest BCUT2D eigenvalue weighted by molar-refractivity contribution is -0.129. The van der Waals surface area contributed by atoms with E-state index in [0.717, 1.165) is 5.56 Å². The fourth-order valence-corrected chi connectivity index (χ4v) is 1.96. The number of carbonyl (C=O) groups is 2. The first-order chi connectivity index (χ1) is 10.4. The molecule has 0 aromatic heterocycles. The van der Waals surface area contributed by atoms with E-state index in [1.54, 1.807) is 40.0 Å². The highest BCUT2D eigenvalue weighted by molar-refractivity contribution is 6.11. The van der Waals surface area contributed by atoms with Crippen molar-refractivity contribution in [2.45, 2.75) is 26.8 Å². The van der Waals surface area contributed by atoms with Gasteiger partial charge in [0.1, 0.15) is 5.75 Å². The van der Waals surface area contributed by atoms with Gasteiger partial charge in [0.25, 0.3) is 0 Å². The van der Waals surface area contributed by atoms with Crippen molar-refractivity contribution in [2.24, 2.45) is 5.92 Å². The van der Waals surface area contributed by atoms with Crippen molar-refractivity contribution in [1.29, 1.82) is 5.26 Å². The lowest BCUT2D eigenvalue weighted by Crippen LogP contribution is -2.38. The van der Waals surface area contributed by atoms with Gasteiger partial charge in [0.05, 0.1) is 13.2 Å². The van der Waals surface area contributed by atoms with Crippen molar-refractivity contribution >= 4 is 17.3 Å². The number of amides is 1. The summed E-state index contributed by atoms with van der Waals surface area (Å²) in [5.41, 5.74) is 1.39. The number of carbonyl (C=O) groups excluding carboxylic acids is 2. The summed E-state index contributed by atoms with van der Waals surface area (Å²) in [7, 11) is 1.54. The number of methoxy groups -OCH3 is 1. The van der Waals surface area contributed by atoms with Crippen LogP contribution < -0.4 is 10.1 Å². The summed E-state index contributed by atoms with van der Waals surface area (Å²) in [6, 6.07) is 8.87. The first-order valence-electron chi connectivity index (χ1n) is 6.96. The van der Waals surface area contributed by atoms with Crippen LogP contribution in [0.15, 0.2) is 30.3 Å². The molecule has 1 atom stereocenters. The van der Waals surface area contributed by atoms with E-state index < -0.39 is 17.6 Å². The first-order valence-corrected chi connectivity index (χ1v) is 6.96. The van der Waals surface area contributed by atoms with Crippen LogP contribution >= 0.6 is 0 Å². The quantitative estimate of drug-likeness (QED) is 0.646. The van der Waals surface area contributed by atoms with Gasteiger partial charge in [-0.2, -0.15) is 5.26 Å². The van der Waals surface area contributed by atoms with Crippen molar-refractivity contribution in [3.05, 3.63) is 35.9 Å². The summed E-state index contributed by atoms with van der Waals surface area (Å²) >= 11 is 0. The lowest BCUT2D eigenvalue weighted by atomic mass is 9.99. The van der Waals surface area contributed by atoms with Crippen molar-refractivity contribution in [3.63, 3.8) is 0 Å². The Bertz CT molecular complexity index is 627. The Hall–Kier alpha value is -2.61. The predicted octanol–water partition coefficient (Wildman–Crippen LogP) is 2.33. The minimum Gasteiger partial charge on any atom is -0.496 e. The predicted molar refractivity (Wildman–Crippen MR) is 84.0 cm³/mol. The molecule has 0 bridgehead atoms. The van der Waals surface area contributed by atoms with E-state index >= 15 is 0 Å². The summed E-state index contributed by atoms with van der Waals surface area (Å²) in [5.74, 6) is -1.83. The number of nitrogens with one attached hydrogen (secondary N) is 1. The maximum atomic E-state index is 12.2. The van der Waals surface area contributed by atoms with Gasteiger partial charge >= 0.3 is 0 Å². The molecule has 1 rings (SSSR count). The maximum absolute atomic E-state index is 12.2. The maximum Gasteiger partial charge on any atom is 0.245 e. The van der Waals surface area contributed by atoms with E-state index in [9.17, 15) is 9.59 Å². The van der Waals surface area contributed by atoms with Gasteiger partial charge in [-0.05, 0) is 38.5 Å². The molecule has 0 aliphatic heterocycles. The monoisotopic (exact) mass is 300 g/mol. The molecule has 1 aromatic rings. The van der Waals surface area contributed by atoms with Gasteiger partial charge in [0.2, 0.25) is 5.91 Å². The van der Waals surface area contributed by atoms with Gasteiger partial charge in [0.15, 0.2) is 11.7 Å². The molecule has 0 unspecified atom stereocenters. The molecule has 0 radical (unpaired) electrons. The molecule has 5 nitrogen and oxygen atoms in total. The number of para-hydroxylation sites is 1. The molecule has 1 aromatic carbocycles. The van der Waals surface area contributed by atoms with Crippen LogP contribution in [0.1, 0.15) is 26.3 Å². The number of nitrogens with zero attached hydrogens (tertiary/aromatic N) is 1. The molecule has 22 heavy (non-hydrogen) atoms. The number of ketones is 1. The Morgan fingerprint density at radius 1 is 1.32 bits per heavy atom. The summed E-state index contributed by atoms with van der Waals surface area (Å²) < 4.78 is 5.24. The molecule has 1 amide bonds. The molecule has 1 N–H and O–H groups in total. The van der Waals surface area contributed by atoms with Crippen LogP contribution in [-0.2, 0) is 9.59 Å². The highest BCUT2D eigenvalue weighted by Crippen LogP contribution is 2.25. The zero-order chi connectivity index (χ0) is 16.7. The number of hydrogen-bond acceptors (Lipinski definition) is 4. The van der Waals surface area contributed by atoms with Crippen LogP contribution in [0.3, 0.4) is 0 Å². The van der Waals surface area contributed by atoms with Crippen molar-refractivity contribution in [2.75, 3.05) is 7.11 Å². The van der Waals surface area contributed by atoms with Crippen molar-refractivity contribution < 1.29 is 14.3 Å². The minimum absolute atomic E-state index is 0.129. The van der Waals surface area contributed by atoms with Crippen LogP contribution in [0.2, 0.25) is 0 Å². The first kappa shape index (κ1) is 17.4. The second kappa shape index (κ2) is 7.99. The Morgan fingerprint density at radius 3 is 2.50 bits per heavy atom. The fraction of sp³-hybridized carbons (Fsp3) is 0.353. The number of nitriles is 1. The van der Waals surface area contributed by atoms with Crippen LogP contribution in [0, 0.1) is 17.2 Å². The molecule has 0 aliphatic carbocycles. The molecule has 0 saturated heterocycles. The average molecular weight is 300 g/mol. The van der Waals surface area contributed by atoms with Crippen LogP contribution in [-0.4, -0.2) is 24.8 Å². The second-order valence-electron chi connectivity index (χ2n) is 5.16. The summed E-state index contributed by atoms with van der Waals surface area (Å²) in [5, 5.41) is 11.7. The SMILES string of the molecule is COc1ccccc1/C(C)=C/C(=O)[C@H](C#N)C(=O)NC(C)C. The summed E-state index contributed by atoms with van der Waals surface area (Å²) in [6.07, 6.45) is 1.31. The fourth-order valence-electron chi connectivity index (χ4n) is 1.96. The van der Waals surface area contributed by atoms with Gasteiger partial charge in [-0.25, -0.2) is 0 Å². The Balaban J connectivity index is 3.02. The van der Waals surface area contributed by atoms with E-state index in [-0.39, 0.29) is 6.04 Å². The number of allylic oxidation sites excluding steroid dienone is 2. The van der Waals surface area contributed by atoms with Gasteiger partial charge in [-0.1, -0.05) is 18.2 Å². The van der Waals surface area contributed by atoms with Gasteiger partial charge < -0.3 is 10.1 Å². The van der Waals surface area contributed by atoms with Crippen LogP contribution in [0.25, 0.3) is 5.57 Å². The van der Waals surface area contributed by atoms with Gasteiger partial charge in [0, 0.05) is 11.6 Å². The third kappa shape index (κ3) is 4.45. The minimum atomic E-state index is -1.34. The number of rotatable bonds is 6. The Labute approximate surface area is 130 Å². The molecule has 0 heterocycles. The molecular formula is C17H20N2O3. The van der Waals surface area contributed by atoms with E-state index in [1.165, 1.54) is 6.08 Å². The zero-order valence-corrected chi connectivity index (χ0v) is 13.2. The van der Waals surface area contributed by atoms with Crippen LogP contribution in [0.4, 0.5) is 0 Å². The van der Waals surface area contributed by atoms with E-state index in [1.807, 2.05) is 18.2 Å². The molecule has 0 saturated carbocycles. The van der Waals surface area contributed by atoms with E-state index in [2.05, 4.69) is 5.32 Å². The summed E-state index contributed by atoms with van der Waals surface area (Å²) in [6.45, 7) is 5.28. The van der Waals surface area contributed by atoms with Gasteiger partial charge in [-0.3, -0.25) is 9.59 Å². The molecule has 116 valence electrons. The number of hydrogen-bond donors (Lipinski definition) is 1. The molecular weight excluding hydrogens is 280 g/mol. The highest BCUT2D eigenvalue weighted by Gasteiger charge is 2.25.